The molecule has 2 saturated carbocycles. The third-order valence-corrected chi connectivity index (χ3v) is 17.9. The van der Waals surface area contributed by atoms with E-state index in [1.165, 1.54) is 25.7 Å². The summed E-state index contributed by atoms with van der Waals surface area (Å²) in [5, 5.41) is 45.5. The highest BCUT2D eigenvalue weighted by Crippen LogP contribution is 2.26. The molecule has 0 unspecified atom stereocenters. The molecule has 2 aliphatic rings. The zero-order valence-electron chi connectivity index (χ0n) is 66.1. The van der Waals surface area contributed by atoms with Gasteiger partial charge in [0.1, 0.15) is 91.0 Å². The molecule has 10 aromatic carbocycles. The van der Waals surface area contributed by atoms with Crippen molar-refractivity contribution in [2.75, 3.05) is 195 Å². The second kappa shape index (κ2) is 43.9. The van der Waals surface area contributed by atoms with Crippen LogP contribution < -0.4 is 172 Å². The average molecular weight is 1550 g/mol. The summed E-state index contributed by atoms with van der Waals surface area (Å²) in [6.45, 7) is 11.9. The Morgan fingerprint density at radius 3 is 1.03 bits per heavy atom. The Hall–Kier alpha value is -12.2. The molecule has 0 atom stereocenters. The van der Waals surface area contributed by atoms with E-state index in [4.69, 9.17) is 4.74 Å². The van der Waals surface area contributed by atoms with E-state index in [0.717, 1.165) is 49.9 Å². The highest BCUT2D eigenvalue weighted by Gasteiger charge is 2.28. The first-order valence-corrected chi connectivity index (χ1v) is 36.7. The molecule has 34 heteroatoms. The predicted molar refractivity (Wildman–Crippen MR) is 457 cm³/mol. The fraction of sp³-hybridized carbons (Fsp3) is 0.436. The van der Waals surface area contributed by atoms with Gasteiger partial charge in [-0.1, -0.05) is 81.6 Å². The van der Waals surface area contributed by atoms with E-state index in [0.29, 0.717) is 142 Å². The first kappa shape index (κ1) is 90.4. The molecular weight excluding hydrogens is 1450 g/mol. The van der Waals surface area contributed by atoms with Crippen molar-refractivity contribution in [3.63, 3.8) is 0 Å². The topological polar surface area (TPSA) is 478 Å². The van der Waals surface area contributed by atoms with Crippen molar-refractivity contribution in [3.05, 3.63) is 230 Å². The molecule has 0 aliphatic heterocycles. The number of likely N-dealkylation sites (N-methyl/N-ethyl adjacent to an activating group) is 1. The molecule has 0 aromatic heterocycles. The SMILES string of the molecule is CNc1c(NC(C)C)c(=O)c1=O.CNc1c(NC2CCC2)c(=O)c1=O.CNc1c(NC2CCCCC2)c(=O)c1=O.CNc1c(NCC(C)C)c(=O)c1=O.CNc1c(NCCCOC)c(=O)c1=O.CNc1c(NCCN(C)C)c(=O)c1=O.CNc1c(NCc2ccccc2)c(=O)c1=O.CNc1c(Nc2ccccc2)c(=O)c1=O. The Morgan fingerprint density at radius 2 is 0.670 bits per heavy atom. The molecule has 0 spiro atoms. The van der Waals surface area contributed by atoms with E-state index in [9.17, 15) is 76.7 Å². The standard InChI is InChI=1S/C12H12N2O2.C11H16N2O2.C11H10N2O2.C9H15N3O2.C9H14N2O3.C9H12N2O2.C9H14N2O2.C8H12N2O2/c1-13-9-10(12(16)11(9)15)14-7-8-5-3-2-4-6-8;2*1-12-8-9(11(15)10(8)14)13-7-5-3-2-4-6-7;1-10-6-7(9(14)8(6)13)11-4-5-12(2)3;1-10-6-7(9(13)8(6)12)11-4-3-5-14-2;1-10-6-7(9(13)8(6)12)11-5-3-2-4-5;1-5(2)4-11-7-6(10-3)8(12)9(7)13;1-4(2)10-6-5(9-3)7(11)8(6)12/h2-6,13-14H,7H2,1H3;7,12-13H,2-6H2,1H3;2-6,12-13H,1H3;10-11H,4-5H2,1-3H3;10-11H,3-5H2,1-2H3;5,10-11H,2-4H2,1H3;5,10-11H,4H2,1-3H3;4,9-10H,1-3H3. The van der Waals surface area contributed by atoms with Gasteiger partial charge in [0.25, 0.3) is 86.9 Å². The summed E-state index contributed by atoms with van der Waals surface area (Å²) in [6.07, 6.45) is 10.1. The number of nitrogens with zero attached hydrogens (tertiary/aromatic N) is 1. The molecule has 0 radical (unpaired) electrons. The lowest BCUT2D eigenvalue weighted by atomic mass is 9.92. The lowest BCUT2D eigenvalue weighted by Crippen LogP contribution is -2.40. The number of hydrogen-bond donors (Lipinski definition) is 16. The van der Waals surface area contributed by atoms with Gasteiger partial charge in [0.2, 0.25) is 0 Å². The Kier molecular flexibility index (Phi) is 35.4. The molecule has 16 N–H and O–H groups in total. The smallest absolute Gasteiger partial charge is 0.253 e. The van der Waals surface area contributed by atoms with E-state index >= 15 is 0 Å². The summed E-state index contributed by atoms with van der Waals surface area (Å²) < 4.78 is 4.85. The highest BCUT2D eigenvalue weighted by molar-refractivity contribution is 5.80. The number of para-hydroxylation sites is 1. The minimum atomic E-state index is -0.469. The quantitative estimate of drug-likeness (QED) is 0.0219. The van der Waals surface area contributed by atoms with E-state index in [-0.39, 0.29) is 16.9 Å². The van der Waals surface area contributed by atoms with Crippen LogP contribution in [0.1, 0.15) is 91.0 Å². The molecule has 112 heavy (non-hydrogen) atoms. The van der Waals surface area contributed by atoms with Crippen molar-refractivity contribution in [1.82, 2.24) is 4.90 Å². The van der Waals surface area contributed by atoms with E-state index in [1.807, 2.05) is 107 Å². The number of rotatable bonds is 31. The van der Waals surface area contributed by atoms with Crippen LogP contribution in [0, 0.1) is 5.92 Å². The van der Waals surface area contributed by atoms with Crippen LogP contribution in [0.15, 0.2) is 137 Å². The molecule has 604 valence electrons. The van der Waals surface area contributed by atoms with Gasteiger partial charge in [0.05, 0.1) is 0 Å². The lowest BCUT2D eigenvalue weighted by Gasteiger charge is -2.28. The fourth-order valence-corrected chi connectivity index (χ4v) is 11.3. The molecule has 2 fully saturated rings. The molecule has 0 amide bonds. The van der Waals surface area contributed by atoms with Crippen molar-refractivity contribution in [3.8, 4) is 0 Å². The maximum Gasteiger partial charge on any atom is 0.253 e. The van der Waals surface area contributed by atoms with Gasteiger partial charge in [-0.25, -0.2) is 0 Å². The lowest BCUT2D eigenvalue weighted by molar-refractivity contribution is 0.198. The van der Waals surface area contributed by atoms with Crippen LogP contribution in [-0.4, -0.2) is 133 Å². The minimum Gasteiger partial charge on any atom is -0.385 e. The van der Waals surface area contributed by atoms with Gasteiger partial charge in [0, 0.05) is 127 Å². The summed E-state index contributed by atoms with van der Waals surface area (Å²) in [6, 6.07) is 19.9. The fourth-order valence-electron chi connectivity index (χ4n) is 11.3. The molecule has 34 nitrogen and oxygen atoms in total. The first-order chi connectivity index (χ1) is 53.4. The van der Waals surface area contributed by atoms with E-state index in [2.05, 4.69) is 85.1 Å². The normalized spacial score (nSPS) is 12.3. The summed E-state index contributed by atoms with van der Waals surface area (Å²) in [7, 11) is 18.6. The maximum absolute atomic E-state index is 11.3. The average Bonchev–Trinajstić information content (AvgIpc) is 0.815. The third-order valence-electron chi connectivity index (χ3n) is 17.9. The minimum absolute atomic E-state index is 0.167. The number of hydrogen-bond acceptors (Lipinski definition) is 34. The third kappa shape index (κ3) is 23.0. The molecule has 12 rings (SSSR count). The van der Waals surface area contributed by atoms with Crippen LogP contribution in [0.2, 0.25) is 0 Å². The Labute approximate surface area is 644 Å². The summed E-state index contributed by atoms with van der Waals surface area (Å²) in [5.74, 6) is 0.453. The Morgan fingerprint density at radius 1 is 0.357 bits per heavy atom. The van der Waals surface area contributed by atoms with Crippen LogP contribution in [0.5, 0.6) is 0 Å². The van der Waals surface area contributed by atoms with E-state index in [1.54, 1.807) is 63.5 Å². The second-order valence-electron chi connectivity index (χ2n) is 26.9. The van der Waals surface area contributed by atoms with Crippen molar-refractivity contribution < 1.29 is 4.74 Å². The van der Waals surface area contributed by atoms with Gasteiger partial charge >= 0.3 is 0 Å². The number of methoxy groups -OCH3 is 1. The number of ether oxygens (including phenoxy) is 1. The molecule has 0 heterocycles. The van der Waals surface area contributed by atoms with Crippen LogP contribution in [0.3, 0.4) is 0 Å². The summed E-state index contributed by atoms with van der Waals surface area (Å²) >= 11 is 0. The first-order valence-electron chi connectivity index (χ1n) is 36.7. The van der Waals surface area contributed by atoms with Gasteiger partial charge in [-0.15, -0.1) is 0 Å². The van der Waals surface area contributed by atoms with E-state index < -0.39 is 76.0 Å². The molecule has 10 aromatic rings. The molecule has 0 bridgehead atoms. The van der Waals surface area contributed by atoms with Crippen molar-refractivity contribution >= 4 is 96.7 Å². The zero-order valence-corrected chi connectivity index (χ0v) is 66.1. The van der Waals surface area contributed by atoms with Crippen molar-refractivity contribution in [2.45, 2.75) is 110 Å². The van der Waals surface area contributed by atoms with Crippen molar-refractivity contribution in [2.24, 2.45) is 5.92 Å². The Bertz CT molecular complexity index is 5300. The monoisotopic (exact) mass is 1550 g/mol. The molecule has 2 aliphatic carbocycles. The Balaban J connectivity index is 0.000000229. The number of anilines is 17. The van der Waals surface area contributed by atoms with Crippen LogP contribution in [-0.2, 0) is 11.3 Å². The molecular formula is C78H105N17O17. The van der Waals surface area contributed by atoms with Gasteiger partial charge in [-0.05, 0) is 90.1 Å². The van der Waals surface area contributed by atoms with Crippen molar-refractivity contribution in [1.29, 1.82) is 0 Å². The maximum atomic E-state index is 11.3. The number of benzene rings is 2. The van der Waals surface area contributed by atoms with Gasteiger partial charge < -0.3 is 94.7 Å². The summed E-state index contributed by atoms with van der Waals surface area (Å²) in [4.78, 5) is 179. The largest absolute Gasteiger partial charge is 0.385 e. The van der Waals surface area contributed by atoms with Gasteiger partial charge in [-0.2, -0.15) is 0 Å². The van der Waals surface area contributed by atoms with Crippen LogP contribution >= 0.6 is 0 Å². The zero-order chi connectivity index (χ0) is 83.2. The summed E-state index contributed by atoms with van der Waals surface area (Å²) in [5.41, 5.74) is 1.64. The predicted octanol–water partition coefficient (Wildman–Crippen LogP) is 2.97. The highest BCUT2D eigenvalue weighted by atomic mass is 16.5. The van der Waals surface area contributed by atoms with Crippen LogP contribution in [0.4, 0.5) is 96.7 Å². The number of nitrogens with one attached hydrogen (secondary N) is 16. The van der Waals surface area contributed by atoms with Gasteiger partial charge in [0.15, 0.2) is 0 Å². The molecule has 0 saturated heterocycles. The van der Waals surface area contributed by atoms with Gasteiger partial charge in [-0.3, -0.25) is 76.7 Å². The second-order valence-corrected chi connectivity index (χ2v) is 26.9. The van der Waals surface area contributed by atoms with Crippen LogP contribution in [0.25, 0.3) is 0 Å².